The predicted molar refractivity (Wildman–Crippen MR) is 53.6 cm³/mol. The maximum absolute atomic E-state index is 13.2. The molecule has 0 heterocycles. The molecular weight excluding hydrogens is 269 g/mol. The number of isocyanates is 1. The number of benzene rings is 1. The summed E-state index contributed by atoms with van der Waals surface area (Å²) in [5, 5.41) is 8.84. The third-order valence-electron chi connectivity index (χ3n) is 1.75. The Balaban J connectivity index is 3.68. The van der Waals surface area contributed by atoms with Gasteiger partial charge in [0.2, 0.25) is 6.08 Å². The second kappa shape index (κ2) is 4.33. The zero-order valence-electron chi connectivity index (χ0n) is 7.54. The number of carbonyl (C=O) groups is 1. The highest BCUT2D eigenvalue weighted by Gasteiger charge is 2.20. The molecule has 0 unspecified atom stereocenters. The Kier molecular flexibility index (Phi) is 3.34. The van der Waals surface area contributed by atoms with Gasteiger partial charge in [-0.1, -0.05) is 0 Å². The van der Waals surface area contributed by atoms with Crippen molar-refractivity contribution < 1.29 is 19.1 Å². The summed E-state index contributed by atoms with van der Waals surface area (Å²) >= 11 is 2.79. The lowest BCUT2D eigenvalue weighted by atomic mass is 10.1. The molecule has 1 aromatic carbocycles. The first-order chi connectivity index (χ1) is 6.99. The topological polar surface area (TPSA) is 66.7 Å². The average molecular weight is 274 g/mol. The molecule has 1 aromatic rings. The minimum absolute atomic E-state index is 0.0919. The van der Waals surface area contributed by atoms with Crippen molar-refractivity contribution >= 4 is 33.7 Å². The molecule has 0 aromatic heterocycles. The summed E-state index contributed by atoms with van der Waals surface area (Å²) in [7, 11) is 0. The molecule has 0 amide bonds. The van der Waals surface area contributed by atoms with Crippen LogP contribution in [0.3, 0.4) is 0 Å². The van der Waals surface area contributed by atoms with Gasteiger partial charge in [0, 0.05) is 0 Å². The summed E-state index contributed by atoms with van der Waals surface area (Å²) in [6, 6.07) is 1.09. The van der Waals surface area contributed by atoms with E-state index in [0.717, 1.165) is 6.07 Å². The van der Waals surface area contributed by atoms with Crippen molar-refractivity contribution in [1.29, 1.82) is 0 Å². The van der Waals surface area contributed by atoms with Crippen molar-refractivity contribution in [3.63, 3.8) is 0 Å². The molecule has 0 aliphatic rings. The van der Waals surface area contributed by atoms with Crippen LogP contribution >= 0.6 is 15.9 Å². The molecule has 78 valence electrons. The Bertz CT molecular complexity index is 481. The van der Waals surface area contributed by atoms with Crippen LogP contribution in [0.15, 0.2) is 15.5 Å². The summed E-state index contributed by atoms with van der Waals surface area (Å²) in [5.41, 5.74) is -0.210. The van der Waals surface area contributed by atoms with E-state index in [-0.39, 0.29) is 21.3 Å². The van der Waals surface area contributed by atoms with Crippen molar-refractivity contribution in [2.75, 3.05) is 0 Å². The molecule has 0 atom stereocenters. The molecule has 0 aliphatic carbocycles. The summed E-state index contributed by atoms with van der Waals surface area (Å²) in [5.74, 6) is -2.08. The number of aryl methyl sites for hydroxylation is 1. The number of rotatable bonds is 2. The lowest BCUT2D eigenvalue weighted by Gasteiger charge is -2.06. The van der Waals surface area contributed by atoms with Crippen LogP contribution in [0.2, 0.25) is 0 Å². The highest BCUT2D eigenvalue weighted by Crippen LogP contribution is 2.32. The number of aliphatic imine (C=N–C) groups is 1. The number of carboxylic acids is 1. The van der Waals surface area contributed by atoms with Crippen LogP contribution in [-0.2, 0) is 4.79 Å². The highest BCUT2D eigenvalue weighted by atomic mass is 79.9. The molecule has 4 nitrogen and oxygen atoms in total. The van der Waals surface area contributed by atoms with Crippen LogP contribution in [0, 0.1) is 12.7 Å². The monoisotopic (exact) mass is 273 g/mol. The number of hydrogen-bond donors (Lipinski definition) is 1. The third-order valence-corrected chi connectivity index (χ3v) is 2.53. The average Bonchev–Trinajstić information content (AvgIpc) is 2.14. The van der Waals surface area contributed by atoms with Crippen molar-refractivity contribution in [3.05, 3.63) is 27.5 Å². The zero-order valence-corrected chi connectivity index (χ0v) is 9.13. The van der Waals surface area contributed by atoms with E-state index in [0.29, 0.717) is 0 Å². The predicted octanol–water partition coefficient (Wildman–Crippen LogP) is 2.56. The molecule has 1 rings (SSSR count). The van der Waals surface area contributed by atoms with Crippen LogP contribution in [0.25, 0.3) is 0 Å². The first-order valence-corrected chi connectivity index (χ1v) is 4.58. The van der Waals surface area contributed by atoms with Crippen LogP contribution in [0.4, 0.5) is 10.1 Å². The number of hydrogen-bond acceptors (Lipinski definition) is 3. The molecule has 6 heteroatoms. The lowest BCUT2D eigenvalue weighted by Crippen LogP contribution is -2.01. The number of carboxylic acid groups (broad SMARTS) is 1. The van der Waals surface area contributed by atoms with Crippen LogP contribution in [-0.4, -0.2) is 17.2 Å². The van der Waals surface area contributed by atoms with Gasteiger partial charge in [-0.15, -0.1) is 0 Å². The van der Waals surface area contributed by atoms with Crippen molar-refractivity contribution in [2.45, 2.75) is 6.92 Å². The first kappa shape index (κ1) is 11.6. The molecule has 1 N–H and O–H groups in total. The minimum Gasteiger partial charge on any atom is -0.478 e. The summed E-state index contributed by atoms with van der Waals surface area (Å²) < 4.78 is 12.9. The van der Waals surface area contributed by atoms with Gasteiger partial charge in [0.1, 0.15) is 11.4 Å². The molecular formula is C9H5BrFNO3. The van der Waals surface area contributed by atoms with Crippen LogP contribution < -0.4 is 0 Å². The lowest BCUT2D eigenvalue weighted by molar-refractivity contribution is 0.0696. The Labute approximate surface area is 92.6 Å². The molecule has 0 saturated heterocycles. The van der Waals surface area contributed by atoms with E-state index in [1.54, 1.807) is 0 Å². The van der Waals surface area contributed by atoms with E-state index in [1.165, 1.54) is 13.0 Å². The Morgan fingerprint density at radius 1 is 1.67 bits per heavy atom. The first-order valence-electron chi connectivity index (χ1n) is 3.78. The van der Waals surface area contributed by atoms with Gasteiger partial charge in [-0.3, -0.25) is 0 Å². The van der Waals surface area contributed by atoms with Gasteiger partial charge in [0.25, 0.3) is 0 Å². The maximum atomic E-state index is 13.2. The van der Waals surface area contributed by atoms with E-state index in [2.05, 4.69) is 20.9 Å². The summed E-state index contributed by atoms with van der Waals surface area (Å²) in [6.45, 7) is 1.46. The van der Waals surface area contributed by atoms with Gasteiger partial charge in [-0.2, -0.15) is 4.99 Å². The summed E-state index contributed by atoms with van der Waals surface area (Å²) in [6.07, 6.45) is 1.24. The molecule has 15 heavy (non-hydrogen) atoms. The molecule has 0 aliphatic heterocycles. The van der Waals surface area contributed by atoms with Gasteiger partial charge in [-0.05, 0) is 34.5 Å². The Morgan fingerprint density at radius 3 is 2.73 bits per heavy atom. The number of carbonyl (C=O) groups excluding carboxylic acids is 1. The van der Waals surface area contributed by atoms with Crippen LogP contribution in [0.1, 0.15) is 15.9 Å². The van der Waals surface area contributed by atoms with Gasteiger partial charge in [-0.25, -0.2) is 14.0 Å². The normalized spacial score (nSPS) is 9.53. The smallest absolute Gasteiger partial charge is 0.339 e. The van der Waals surface area contributed by atoms with Gasteiger partial charge in [0.05, 0.1) is 10.2 Å². The molecule has 0 fully saturated rings. The van der Waals surface area contributed by atoms with Crippen molar-refractivity contribution in [3.8, 4) is 0 Å². The minimum atomic E-state index is -1.36. The Hall–Kier alpha value is -1.52. The van der Waals surface area contributed by atoms with E-state index in [1.807, 2.05) is 0 Å². The summed E-state index contributed by atoms with van der Waals surface area (Å²) in [4.78, 5) is 24.2. The van der Waals surface area contributed by atoms with Gasteiger partial charge in [0.15, 0.2) is 0 Å². The van der Waals surface area contributed by atoms with E-state index < -0.39 is 11.8 Å². The molecule has 0 saturated carbocycles. The second-order valence-electron chi connectivity index (χ2n) is 2.72. The van der Waals surface area contributed by atoms with E-state index >= 15 is 0 Å². The fourth-order valence-corrected chi connectivity index (χ4v) is 1.60. The number of halogens is 2. The number of nitrogens with zero attached hydrogens (tertiary/aromatic N) is 1. The van der Waals surface area contributed by atoms with Gasteiger partial charge < -0.3 is 5.11 Å². The fraction of sp³-hybridized carbons (Fsp3) is 0.111. The Morgan fingerprint density at radius 2 is 2.27 bits per heavy atom. The molecule has 0 spiro atoms. The number of aromatic carboxylic acids is 1. The third kappa shape index (κ3) is 2.11. The standard InChI is InChI=1S/C9H5BrFNO3/c1-4-2-5(11)7(10)6(9(14)15)8(4)12-3-13/h2H,1H3,(H,14,15). The van der Waals surface area contributed by atoms with Crippen molar-refractivity contribution in [1.82, 2.24) is 0 Å². The van der Waals surface area contributed by atoms with E-state index in [9.17, 15) is 14.0 Å². The quantitative estimate of drug-likeness (QED) is 0.665. The second-order valence-corrected chi connectivity index (χ2v) is 3.51. The largest absolute Gasteiger partial charge is 0.478 e. The zero-order chi connectivity index (χ0) is 11.6. The molecule has 0 bridgehead atoms. The van der Waals surface area contributed by atoms with Crippen LogP contribution in [0.5, 0.6) is 0 Å². The fourth-order valence-electron chi connectivity index (χ4n) is 1.13. The SMILES string of the molecule is Cc1cc(F)c(Br)c(C(=O)O)c1N=C=O. The van der Waals surface area contributed by atoms with Crippen molar-refractivity contribution in [2.24, 2.45) is 4.99 Å². The van der Waals surface area contributed by atoms with E-state index in [4.69, 9.17) is 5.11 Å². The maximum Gasteiger partial charge on any atom is 0.339 e. The van der Waals surface area contributed by atoms with Gasteiger partial charge >= 0.3 is 5.97 Å². The molecule has 0 radical (unpaired) electrons. The highest BCUT2D eigenvalue weighted by molar-refractivity contribution is 9.10.